The van der Waals surface area contributed by atoms with Crippen LogP contribution >= 0.6 is 0 Å². The molecule has 1 saturated heterocycles. The first-order valence-corrected chi connectivity index (χ1v) is 6.38. The summed E-state index contributed by atoms with van der Waals surface area (Å²) < 4.78 is 11.5. The van der Waals surface area contributed by atoms with Gasteiger partial charge in [-0.1, -0.05) is 19.9 Å². The summed E-state index contributed by atoms with van der Waals surface area (Å²) in [5.74, 6) is 0.721. The van der Waals surface area contributed by atoms with Crippen molar-refractivity contribution in [3.63, 3.8) is 0 Å². The standard InChI is InChI=1S/C14H22BNO2/c1-13(2)9-15(18-14(13,3)4)10-6-7-11(16)12(8-10)17-5/h6-8H,9,16H2,1-5H3. The van der Waals surface area contributed by atoms with E-state index in [4.69, 9.17) is 15.1 Å². The molecule has 98 valence electrons. The van der Waals surface area contributed by atoms with Crippen molar-refractivity contribution in [3.05, 3.63) is 18.2 Å². The zero-order valence-corrected chi connectivity index (χ0v) is 11.9. The minimum absolute atomic E-state index is 0.115. The van der Waals surface area contributed by atoms with Gasteiger partial charge >= 0.3 is 6.92 Å². The van der Waals surface area contributed by atoms with Crippen molar-refractivity contribution in [2.75, 3.05) is 12.8 Å². The molecule has 1 aliphatic rings. The monoisotopic (exact) mass is 247 g/mol. The highest BCUT2D eigenvalue weighted by Gasteiger charge is 2.49. The summed E-state index contributed by atoms with van der Waals surface area (Å²) in [7, 11) is 1.64. The van der Waals surface area contributed by atoms with E-state index in [1.165, 1.54) is 0 Å². The Morgan fingerprint density at radius 1 is 1.28 bits per heavy atom. The Morgan fingerprint density at radius 3 is 2.44 bits per heavy atom. The van der Waals surface area contributed by atoms with E-state index >= 15 is 0 Å². The second-order valence-electron chi connectivity index (χ2n) is 6.21. The maximum atomic E-state index is 6.19. The summed E-state index contributed by atoms with van der Waals surface area (Å²) in [5, 5.41) is 0. The van der Waals surface area contributed by atoms with Crippen molar-refractivity contribution in [2.24, 2.45) is 5.41 Å². The van der Waals surface area contributed by atoms with Crippen LogP contribution in [0.15, 0.2) is 18.2 Å². The van der Waals surface area contributed by atoms with Gasteiger partial charge < -0.3 is 15.1 Å². The number of hydrogen-bond acceptors (Lipinski definition) is 3. The lowest BCUT2D eigenvalue weighted by molar-refractivity contribution is 0.0375. The lowest BCUT2D eigenvalue weighted by Gasteiger charge is -2.34. The number of methoxy groups -OCH3 is 1. The average Bonchev–Trinajstić information content (AvgIpc) is 2.49. The van der Waals surface area contributed by atoms with Crippen LogP contribution in [-0.4, -0.2) is 19.6 Å². The third-order valence-electron chi connectivity index (χ3n) is 4.39. The molecule has 0 bridgehead atoms. The second kappa shape index (κ2) is 4.20. The van der Waals surface area contributed by atoms with Crippen LogP contribution in [0.3, 0.4) is 0 Å². The summed E-state index contributed by atoms with van der Waals surface area (Å²) in [6.45, 7) is 8.93. The van der Waals surface area contributed by atoms with Gasteiger partial charge in [0.25, 0.3) is 0 Å². The molecule has 0 unspecified atom stereocenters. The van der Waals surface area contributed by atoms with Gasteiger partial charge in [0, 0.05) is 0 Å². The molecule has 0 aromatic heterocycles. The quantitative estimate of drug-likeness (QED) is 0.644. The van der Waals surface area contributed by atoms with Crippen LogP contribution in [0.4, 0.5) is 5.69 Å². The maximum Gasteiger partial charge on any atom is 0.328 e. The molecular formula is C14H22BNO2. The van der Waals surface area contributed by atoms with Crippen molar-refractivity contribution in [3.8, 4) is 5.75 Å². The SMILES string of the molecule is COc1cc(B2CC(C)(C)C(C)(C)O2)ccc1N. The van der Waals surface area contributed by atoms with Gasteiger partial charge in [-0.25, -0.2) is 0 Å². The number of ether oxygens (including phenoxy) is 1. The van der Waals surface area contributed by atoms with Gasteiger partial charge in [0.1, 0.15) is 5.75 Å². The van der Waals surface area contributed by atoms with Crippen LogP contribution in [0.25, 0.3) is 0 Å². The van der Waals surface area contributed by atoms with Gasteiger partial charge in [-0.05, 0) is 43.2 Å². The summed E-state index contributed by atoms with van der Waals surface area (Å²) in [4.78, 5) is 0. The van der Waals surface area contributed by atoms with Crippen molar-refractivity contribution in [1.29, 1.82) is 0 Å². The van der Waals surface area contributed by atoms with Crippen LogP contribution in [0, 0.1) is 5.41 Å². The van der Waals surface area contributed by atoms with E-state index in [2.05, 4.69) is 27.7 Å². The van der Waals surface area contributed by atoms with Gasteiger partial charge in [-0.2, -0.15) is 0 Å². The second-order valence-corrected chi connectivity index (χ2v) is 6.21. The smallest absolute Gasteiger partial charge is 0.328 e. The van der Waals surface area contributed by atoms with E-state index in [9.17, 15) is 0 Å². The molecule has 1 aromatic carbocycles. The van der Waals surface area contributed by atoms with E-state index in [1.54, 1.807) is 7.11 Å². The molecule has 1 aliphatic heterocycles. The van der Waals surface area contributed by atoms with Gasteiger partial charge in [0.15, 0.2) is 0 Å². The molecule has 3 nitrogen and oxygen atoms in total. The van der Waals surface area contributed by atoms with Crippen molar-refractivity contribution < 1.29 is 9.39 Å². The molecule has 2 N–H and O–H groups in total. The molecule has 0 amide bonds. The molecule has 4 heteroatoms. The van der Waals surface area contributed by atoms with Gasteiger partial charge in [0.05, 0.1) is 18.4 Å². The lowest BCUT2D eigenvalue weighted by atomic mass is 9.54. The Morgan fingerprint density at radius 2 is 1.94 bits per heavy atom. The fraction of sp³-hybridized carbons (Fsp3) is 0.571. The minimum Gasteiger partial charge on any atom is -0.495 e. The first-order chi connectivity index (χ1) is 8.27. The highest BCUT2D eigenvalue weighted by atomic mass is 16.5. The summed E-state index contributed by atoms with van der Waals surface area (Å²) in [6.07, 6.45) is 1.01. The molecule has 0 atom stereocenters. The largest absolute Gasteiger partial charge is 0.495 e. The third kappa shape index (κ3) is 2.10. The molecule has 1 aromatic rings. The Bertz CT molecular complexity index is 441. The van der Waals surface area contributed by atoms with Crippen molar-refractivity contribution in [1.82, 2.24) is 0 Å². The Labute approximate surface area is 110 Å². The van der Waals surface area contributed by atoms with E-state index in [-0.39, 0.29) is 17.9 Å². The molecule has 0 radical (unpaired) electrons. The van der Waals surface area contributed by atoms with E-state index < -0.39 is 0 Å². The molecule has 1 fully saturated rings. The fourth-order valence-electron chi connectivity index (χ4n) is 2.38. The van der Waals surface area contributed by atoms with E-state index in [0.717, 1.165) is 17.5 Å². The molecular weight excluding hydrogens is 225 g/mol. The molecule has 0 saturated carbocycles. The zero-order valence-electron chi connectivity index (χ0n) is 11.9. The number of hydrogen-bond donors (Lipinski definition) is 1. The van der Waals surface area contributed by atoms with Gasteiger partial charge in [-0.3, -0.25) is 0 Å². The number of nitrogen functional groups attached to an aromatic ring is 1. The number of benzene rings is 1. The molecule has 0 aliphatic carbocycles. The van der Waals surface area contributed by atoms with Crippen LogP contribution in [0.5, 0.6) is 5.75 Å². The fourth-order valence-corrected chi connectivity index (χ4v) is 2.38. The zero-order chi connectivity index (χ0) is 13.6. The van der Waals surface area contributed by atoms with Crippen LogP contribution in [-0.2, 0) is 4.65 Å². The predicted molar refractivity (Wildman–Crippen MR) is 76.5 cm³/mol. The average molecular weight is 247 g/mol. The Kier molecular flexibility index (Phi) is 3.10. The van der Waals surface area contributed by atoms with Gasteiger partial charge in [0.2, 0.25) is 0 Å². The number of anilines is 1. The predicted octanol–water partition coefficient (Wildman–Crippen LogP) is 2.31. The molecule has 18 heavy (non-hydrogen) atoms. The molecule has 0 spiro atoms. The number of rotatable bonds is 2. The first kappa shape index (κ1) is 13.3. The van der Waals surface area contributed by atoms with Crippen LogP contribution in [0.2, 0.25) is 6.32 Å². The van der Waals surface area contributed by atoms with Crippen molar-refractivity contribution >= 4 is 18.1 Å². The van der Waals surface area contributed by atoms with Gasteiger partial charge in [-0.15, -0.1) is 0 Å². The van der Waals surface area contributed by atoms with Crippen LogP contribution in [0.1, 0.15) is 27.7 Å². The Hall–Kier alpha value is -1.16. The van der Waals surface area contributed by atoms with E-state index in [0.29, 0.717) is 5.69 Å². The van der Waals surface area contributed by atoms with Crippen LogP contribution < -0.4 is 15.9 Å². The summed E-state index contributed by atoms with van der Waals surface area (Å²) >= 11 is 0. The third-order valence-corrected chi connectivity index (χ3v) is 4.39. The normalized spacial score (nSPS) is 21.1. The highest BCUT2D eigenvalue weighted by Crippen LogP contribution is 2.45. The maximum absolute atomic E-state index is 6.19. The highest BCUT2D eigenvalue weighted by molar-refractivity contribution is 6.68. The minimum atomic E-state index is -0.119. The topological polar surface area (TPSA) is 44.5 Å². The first-order valence-electron chi connectivity index (χ1n) is 6.38. The lowest BCUT2D eigenvalue weighted by Crippen LogP contribution is -2.36. The summed E-state index contributed by atoms with van der Waals surface area (Å²) in [5.41, 5.74) is 7.68. The summed E-state index contributed by atoms with van der Waals surface area (Å²) in [6, 6.07) is 5.90. The Balaban J connectivity index is 2.30. The number of nitrogens with two attached hydrogens (primary N) is 1. The van der Waals surface area contributed by atoms with Crippen molar-refractivity contribution in [2.45, 2.75) is 39.6 Å². The molecule has 1 heterocycles. The molecule has 2 rings (SSSR count). The van der Waals surface area contributed by atoms with E-state index in [1.807, 2.05) is 18.2 Å².